The topological polar surface area (TPSA) is 38.3 Å². The molecular weight excluding hydrogens is 334 g/mol. The molecule has 0 aromatic heterocycles. The molecule has 0 unspecified atom stereocenters. The highest BCUT2D eigenvalue weighted by atomic mass is 16.5. The Morgan fingerprint density at radius 3 is 2.59 bits per heavy atom. The zero-order valence-corrected chi connectivity index (χ0v) is 16.3. The van der Waals surface area contributed by atoms with Crippen molar-refractivity contribution >= 4 is 16.7 Å². The van der Waals surface area contributed by atoms with Crippen LogP contribution in [0.4, 0.5) is 0 Å². The Kier molecular flexibility index (Phi) is 6.12. The number of benzene rings is 3. The van der Waals surface area contributed by atoms with Gasteiger partial charge < -0.3 is 10.1 Å². The standard InChI is InChI=1S/C24H27NO2/c1-4-22(20-12-14-23(27-3)17(2)16-20)25-24(26)15-13-19-10-7-9-18-8-5-6-11-21(18)19/h5-12,14,16,22H,4,13,15H2,1-3H3,(H,25,26)/t22-/m0/s1. The molecule has 140 valence electrons. The predicted molar refractivity (Wildman–Crippen MR) is 111 cm³/mol. The summed E-state index contributed by atoms with van der Waals surface area (Å²) in [5, 5.41) is 5.63. The van der Waals surface area contributed by atoms with Crippen LogP contribution in [-0.2, 0) is 11.2 Å². The Balaban J connectivity index is 1.66. The maximum Gasteiger partial charge on any atom is 0.220 e. The number of hydrogen-bond donors (Lipinski definition) is 1. The molecular formula is C24H27NO2. The van der Waals surface area contributed by atoms with Gasteiger partial charge in [0, 0.05) is 6.42 Å². The number of fused-ring (bicyclic) bond motifs is 1. The van der Waals surface area contributed by atoms with E-state index in [0.29, 0.717) is 6.42 Å². The lowest BCUT2D eigenvalue weighted by Gasteiger charge is -2.19. The smallest absolute Gasteiger partial charge is 0.220 e. The molecule has 1 atom stereocenters. The van der Waals surface area contributed by atoms with Gasteiger partial charge in [-0.15, -0.1) is 0 Å². The van der Waals surface area contributed by atoms with E-state index in [1.165, 1.54) is 16.3 Å². The molecule has 27 heavy (non-hydrogen) atoms. The lowest BCUT2D eigenvalue weighted by molar-refractivity contribution is -0.121. The second kappa shape index (κ2) is 8.72. The van der Waals surface area contributed by atoms with Gasteiger partial charge in [-0.25, -0.2) is 0 Å². The Morgan fingerprint density at radius 1 is 1.07 bits per heavy atom. The third kappa shape index (κ3) is 4.48. The quantitative estimate of drug-likeness (QED) is 0.615. The predicted octanol–water partition coefficient (Wildman–Crippen LogP) is 5.36. The van der Waals surface area contributed by atoms with Crippen LogP contribution in [0.3, 0.4) is 0 Å². The van der Waals surface area contributed by atoms with Gasteiger partial charge in [-0.1, -0.05) is 61.5 Å². The van der Waals surface area contributed by atoms with Crippen LogP contribution in [0.2, 0.25) is 0 Å². The van der Waals surface area contributed by atoms with E-state index in [1.807, 2.05) is 31.2 Å². The van der Waals surface area contributed by atoms with Crippen molar-refractivity contribution in [3.8, 4) is 5.75 Å². The average Bonchev–Trinajstić information content (AvgIpc) is 2.70. The van der Waals surface area contributed by atoms with E-state index in [-0.39, 0.29) is 11.9 Å². The number of aryl methyl sites for hydroxylation is 2. The maximum atomic E-state index is 12.6. The SMILES string of the molecule is CC[C@H](NC(=O)CCc1cccc2ccccc12)c1ccc(OC)c(C)c1. The van der Waals surface area contributed by atoms with Crippen molar-refractivity contribution in [2.24, 2.45) is 0 Å². The number of carbonyl (C=O) groups excluding carboxylic acids is 1. The zero-order valence-electron chi connectivity index (χ0n) is 16.3. The van der Waals surface area contributed by atoms with Crippen molar-refractivity contribution in [1.82, 2.24) is 5.32 Å². The Morgan fingerprint density at radius 2 is 1.85 bits per heavy atom. The van der Waals surface area contributed by atoms with Gasteiger partial charge in [0.15, 0.2) is 0 Å². The minimum atomic E-state index is 0.0228. The molecule has 1 amide bonds. The molecule has 0 spiro atoms. The zero-order chi connectivity index (χ0) is 19.2. The molecule has 3 aromatic carbocycles. The van der Waals surface area contributed by atoms with Crippen LogP contribution < -0.4 is 10.1 Å². The molecule has 0 fully saturated rings. The highest BCUT2D eigenvalue weighted by Gasteiger charge is 2.14. The summed E-state index contributed by atoms with van der Waals surface area (Å²) >= 11 is 0. The second-order valence-corrected chi connectivity index (χ2v) is 6.90. The molecule has 0 bridgehead atoms. The molecule has 0 saturated heterocycles. The summed E-state index contributed by atoms with van der Waals surface area (Å²) in [5.41, 5.74) is 3.42. The summed E-state index contributed by atoms with van der Waals surface area (Å²) in [7, 11) is 1.67. The lowest BCUT2D eigenvalue weighted by atomic mass is 9.99. The molecule has 3 rings (SSSR count). The lowest BCUT2D eigenvalue weighted by Crippen LogP contribution is -2.28. The van der Waals surface area contributed by atoms with E-state index < -0.39 is 0 Å². The van der Waals surface area contributed by atoms with Crippen LogP contribution in [0, 0.1) is 6.92 Å². The maximum absolute atomic E-state index is 12.6. The third-order valence-electron chi connectivity index (χ3n) is 5.07. The Hall–Kier alpha value is -2.81. The number of rotatable bonds is 7. The molecule has 3 heteroatoms. The van der Waals surface area contributed by atoms with E-state index in [2.05, 4.69) is 48.6 Å². The van der Waals surface area contributed by atoms with Crippen LogP contribution in [0.15, 0.2) is 60.7 Å². The normalized spacial score (nSPS) is 12.0. The van der Waals surface area contributed by atoms with Gasteiger partial charge in [0.1, 0.15) is 5.75 Å². The van der Waals surface area contributed by atoms with Crippen LogP contribution in [0.1, 0.15) is 42.5 Å². The Bertz CT molecular complexity index is 927. The van der Waals surface area contributed by atoms with Crippen molar-refractivity contribution in [2.45, 2.75) is 39.2 Å². The van der Waals surface area contributed by atoms with Crippen LogP contribution >= 0.6 is 0 Å². The summed E-state index contributed by atoms with van der Waals surface area (Å²) in [6, 6.07) is 20.7. The highest BCUT2D eigenvalue weighted by molar-refractivity contribution is 5.86. The van der Waals surface area contributed by atoms with Crippen LogP contribution in [0.5, 0.6) is 5.75 Å². The fraction of sp³-hybridized carbons (Fsp3) is 0.292. The fourth-order valence-corrected chi connectivity index (χ4v) is 3.56. The molecule has 3 aromatic rings. The van der Waals surface area contributed by atoms with Crippen molar-refractivity contribution in [3.63, 3.8) is 0 Å². The summed E-state index contributed by atoms with van der Waals surface area (Å²) in [5.74, 6) is 0.958. The number of methoxy groups -OCH3 is 1. The van der Waals surface area contributed by atoms with E-state index in [1.54, 1.807) is 7.11 Å². The monoisotopic (exact) mass is 361 g/mol. The van der Waals surface area contributed by atoms with Gasteiger partial charge in [0.05, 0.1) is 13.2 Å². The van der Waals surface area contributed by atoms with Gasteiger partial charge in [-0.05, 0) is 53.3 Å². The van der Waals surface area contributed by atoms with Gasteiger partial charge >= 0.3 is 0 Å². The number of amides is 1. The molecule has 3 nitrogen and oxygen atoms in total. The number of ether oxygens (including phenoxy) is 1. The second-order valence-electron chi connectivity index (χ2n) is 6.90. The minimum absolute atomic E-state index is 0.0228. The average molecular weight is 361 g/mol. The molecule has 0 saturated carbocycles. The summed E-state index contributed by atoms with van der Waals surface area (Å²) in [6.45, 7) is 4.12. The summed E-state index contributed by atoms with van der Waals surface area (Å²) in [4.78, 5) is 12.6. The first-order valence-electron chi connectivity index (χ1n) is 9.53. The van der Waals surface area contributed by atoms with Crippen molar-refractivity contribution < 1.29 is 9.53 Å². The largest absolute Gasteiger partial charge is 0.496 e. The fourth-order valence-electron chi connectivity index (χ4n) is 3.56. The first-order valence-corrected chi connectivity index (χ1v) is 9.53. The van der Waals surface area contributed by atoms with E-state index in [4.69, 9.17) is 4.74 Å². The van der Waals surface area contributed by atoms with Gasteiger partial charge in [0.25, 0.3) is 0 Å². The van der Waals surface area contributed by atoms with Gasteiger partial charge in [0.2, 0.25) is 5.91 Å². The Labute approximate surface area is 161 Å². The number of nitrogens with one attached hydrogen (secondary N) is 1. The van der Waals surface area contributed by atoms with Crippen molar-refractivity contribution in [3.05, 3.63) is 77.4 Å². The molecule has 0 radical (unpaired) electrons. The molecule has 0 aliphatic heterocycles. The molecule has 0 aliphatic rings. The van der Waals surface area contributed by atoms with Crippen LogP contribution in [0.25, 0.3) is 10.8 Å². The first-order chi connectivity index (χ1) is 13.1. The highest BCUT2D eigenvalue weighted by Crippen LogP contribution is 2.25. The van der Waals surface area contributed by atoms with E-state index in [0.717, 1.165) is 29.7 Å². The number of hydrogen-bond acceptors (Lipinski definition) is 2. The van der Waals surface area contributed by atoms with Gasteiger partial charge in [-0.3, -0.25) is 4.79 Å². The molecule has 1 N–H and O–H groups in total. The third-order valence-corrected chi connectivity index (χ3v) is 5.07. The molecule has 0 aliphatic carbocycles. The van der Waals surface area contributed by atoms with E-state index in [9.17, 15) is 4.79 Å². The van der Waals surface area contributed by atoms with E-state index >= 15 is 0 Å². The molecule has 0 heterocycles. The summed E-state index contributed by atoms with van der Waals surface area (Å²) in [6.07, 6.45) is 2.08. The van der Waals surface area contributed by atoms with Crippen molar-refractivity contribution in [2.75, 3.05) is 7.11 Å². The minimum Gasteiger partial charge on any atom is -0.496 e. The first kappa shape index (κ1) is 19.0. The van der Waals surface area contributed by atoms with Crippen LogP contribution in [-0.4, -0.2) is 13.0 Å². The number of carbonyl (C=O) groups is 1. The summed E-state index contributed by atoms with van der Waals surface area (Å²) < 4.78 is 5.33. The van der Waals surface area contributed by atoms with Crippen molar-refractivity contribution in [1.29, 1.82) is 0 Å². The van der Waals surface area contributed by atoms with Gasteiger partial charge in [-0.2, -0.15) is 0 Å².